The quantitative estimate of drug-likeness (QED) is 0.692. The molecule has 1 aromatic carbocycles. The van der Waals surface area contributed by atoms with Crippen LogP contribution < -0.4 is 24.8 Å². The molecule has 2 N–H and O–H groups in total. The van der Waals surface area contributed by atoms with Crippen LogP contribution in [-0.2, 0) is 4.79 Å². The van der Waals surface area contributed by atoms with Gasteiger partial charge in [-0.2, -0.15) is 0 Å². The zero-order valence-electron chi connectivity index (χ0n) is 14.7. The molecule has 0 aliphatic rings. The van der Waals surface area contributed by atoms with Gasteiger partial charge in [0.05, 0.1) is 21.3 Å². The van der Waals surface area contributed by atoms with Crippen molar-refractivity contribution in [2.75, 3.05) is 39.7 Å². The van der Waals surface area contributed by atoms with Crippen molar-refractivity contribution in [3.8, 4) is 17.2 Å². The number of hydrogen-bond acceptors (Lipinski definition) is 5. The zero-order chi connectivity index (χ0) is 17.2. The fourth-order valence-corrected chi connectivity index (χ4v) is 2.09. The third-order valence-corrected chi connectivity index (χ3v) is 3.39. The average Bonchev–Trinajstić information content (AvgIpc) is 2.53. The molecule has 0 spiro atoms. The van der Waals surface area contributed by atoms with Crippen LogP contribution in [0.3, 0.4) is 0 Å². The van der Waals surface area contributed by atoms with Gasteiger partial charge in [-0.1, -0.05) is 13.8 Å². The van der Waals surface area contributed by atoms with Crippen LogP contribution in [0.5, 0.6) is 17.2 Å². The predicted molar refractivity (Wildman–Crippen MR) is 91.7 cm³/mol. The molecular formula is C17H28N2O4. The molecule has 0 unspecified atom stereocenters. The molecule has 0 saturated carbocycles. The minimum absolute atomic E-state index is 0.0468. The van der Waals surface area contributed by atoms with E-state index in [1.807, 2.05) is 12.1 Å². The van der Waals surface area contributed by atoms with Crippen molar-refractivity contribution in [1.29, 1.82) is 0 Å². The summed E-state index contributed by atoms with van der Waals surface area (Å²) in [6.45, 7) is 5.53. The molecule has 0 atom stereocenters. The van der Waals surface area contributed by atoms with Crippen molar-refractivity contribution in [3.05, 3.63) is 12.1 Å². The lowest BCUT2D eigenvalue weighted by molar-refractivity contribution is -0.120. The fourth-order valence-electron chi connectivity index (χ4n) is 2.09. The van der Waals surface area contributed by atoms with Crippen molar-refractivity contribution < 1.29 is 19.0 Å². The summed E-state index contributed by atoms with van der Waals surface area (Å²) in [5, 5.41) is 6.11. The smallest absolute Gasteiger partial charge is 0.221 e. The second-order valence-electron chi connectivity index (χ2n) is 5.62. The molecule has 0 saturated heterocycles. The van der Waals surface area contributed by atoms with Crippen LogP contribution >= 0.6 is 0 Å². The van der Waals surface area contributed by atoms with Crippen molar-refractivity contribution in [3.63, 3.8) is 0 Å². The van der Waals surface area contributed by atoms with E-state index in [1.54, 1.807) is 21.3 Å². The SMILES string of the molecule is COc1cc(NCCC(=O)NCCC(C)C)cc(OC)c1OC. The summed E-state index contributed by atoms with van der Waals surface area (Å²) in [6, 6.07) is 3.63. The maximum Gasteiger partial charge on any atom is 0.221 e. The first-order valence-electron chi connectivity index (χ1n) is 7.82. The summed E-state index contributed by atoms with van der Waals surface area (Å²) < 4.78 is 15.9. The summed E-state index contributed by atoms with van der Waals surface area (Å²) in [5.41, 5.74) is 0.814. The van der Waals surface area contributed by atoms with Crippen LogP contribution in [0.1, 0.15) is 26.7 Å². The molecule has 0 fully saturated rings. The molecule has 0 radical (unpaired) electrons. The third kappa shape index (κ3) is 6.26. The van der Waals surface area contributed by atoms with Gasteiger partial charge in [0, 0.05) is 37.3 Å². The van der Waals surface area contributed by atoms with E-state index >= 15 is 0 Å². The normalized spacial score (nSPS) is 10.3. The van der Waals surface area contributed by atoms with Crippen LogP contribution in [0.25, 0.3) is 0 Å². The molecule has 0 aromatic heterocycles. The van der Waals surface area contributed by atoms with Crippen LogP contribution in [0.4, 0.5) is 5.69 Å². The Bertz CT molecular complexity index is 478. The lowest BCUT2D eigenvalue weighted by Crippen LogP contribution is -2.27. The zero-order valence-corrected chi connectivity index (χ0v) is 14.7. The van der Waals surface area contributed by atoms with Gasteiger partial charge in [-0.25, -0.2) is 0 Å². The lowest BCUT2D eigenvalue weighted by Gasteiger charge is -2.15. The van der Waals surface area contributed by atoms with Crippen LogP contribution in [0, 0.1) is 5.92 Å². The molecule has 6 heteroatoms. The fraction of sp³-hybridized carbons (Fsp3) is 0.588. The largest absolute Gasteiger partial charge is 0.493 e. The van der Waals surface area contributed by atoms with E-state index in [-0.39, 0.29) is 5.91 Å². The summed E-state index contributed by atoms with van der Waals surface area (Å²) in [5.74, 6) is 2.34. The van der Waals surface area contributed by atoms with E-state index in [1.165, 1.54) is 0 Å². The first-order chi connectivity index (χ1) is 11.0. The summed E-state index contributed by atoms with van der Waals surface area (Å²) in [6.07, 6.45) is 1.40. The van der Waals surface area contributed by atoms with Gasteiger partial charge in [-0.05, 0) is 12.3 Å². The predicted octanol–water partition coefficient (Wildman–Crippen LogP) is 2.68. The summed E-state index contributed by atoms with van der Waals surface area (Å²) >= 11 is 0. The van der Waals surface area contributed by atoms with Crippen LogP contribution in [0.15, 0.2) is 12.1 Å². The van der Waals surface area contributed by atoms with Gasteiger partial charge < -0.3 is 24.8 Å². The Hall–Kier alpha value is -2.11. The number of carbonyl (C=O) groups is 1. The number of anilines is 1. The van der Waals surface area contributed by atoms with E-state index < -0.39 is 0 Å². The van der Waals surface area contributed by atoms with Gasteiger partial charge in [0.25, 0.3) is 0 Å². The minimum atomic E-state index is 0.0468. The Morgan fingerprint density at radius 3 is 2.13 bits per heavy atom. The monoisotopic (exact) mass is 324 g/mol. The second-order valence-corrected chi connectivity index (χ2v) is 5.62. The Kier molecular flexibility index (Phi) is 8.08. The number of benzene rings is 1. The number of ether oxygens (including phenoxy) is 3. The number of methoxy groups -OCH3 is 3. The number of rotatable bonds is 10. The van der Waals surface area contributed by atoms with Gasteiger partial charge in [-0.15, -0.1) is 0 Å². The number of carbonyl (C=O) groups excluding carboxylic acids is 1. The minimum Gasteiger partial charge on any atom is -0.493 e. The van der Waals surface area contributed by atoms with Crippen molar-refractivity contribution >= 4 is 11.6 Å². The van der Waals surface area contributed by atoms with Crippen molar-refractivity contribution in [2.45, 2.75) is 26.7 Å². The summed E-state index contributed by atoms with van der Waals surface area (Å²) in [7, 11) is 4.71. The Labute approximate surface area is 138 Å². The highest BCUT2D eigenvalue weighted by molar-refractivity contribution is 5.76. The van der Waals surface area contributed by atoms with Gasteiger partial charge in [0.15, 0.2) is 11.5 Å². The molecule has 0 bridgehead atoms. The third-order valence-electron chi connectivity index (χ3n) is 3.39. The maximum absolute atomic E-state index is 11.7. The molecule has 0 heterocycles. The molecule has 1 amide bonds. The topological polar surface area (TPSA) is 68.8 Å². The Morgan fingerprint density at radius 1 is 1.04 bits per heavy atom. The van der Waals surface area contributed by atoms with Crippen molar-refractivity contribution in [2.24, 2.45) is 5.92 Å². The molecular weight excluding hydrogens is 296 g/mol. The van der Waals surface area contributed by atoms with E-state index in [4.69, 9.17) is 14.2 Å². The van der Waals surface area contributed by atoms with E-state index in [0.29, 0.717) is 36.1 Å². The summed E-state index contributed by atoms with van der Waals surface area (Å²) in [4.78, 5) is 11.7. The molecule has 1 rings (SSSR count). The molecule has 1 aromatic rings. The second kappa shape index (κ2) is 9.82. The van der Waals surface area contributed by atoms with E-state index in [0.717, 1.165) is 18.7 Å². The average molecular weight is 324 g/mol. The van der Waals surface area contributed by atoms with Crippen molar-refractivity contribution in [1.82, 2.24) is 5.32 Å². The highest BCUT2D eigenvalue weighted by Gasteiger charge is 2.13. The van der Waals surface area contributed by atoms with Crippen LogP contribution in [0.2, 0.25) is 0 Å². The molecule has 23 heavy (non-hydrogen) atoms. The molecule has 130 valence electrons. The van der Waals surface area contributed by atoms with Gasteiger partial charge in [0.2, 0.25) is 11.7 Å². The van der Waals surface area contributed by atoms with Gasteiger partial charge >= 0.3 is 0 Å². The Balaban J connectivity index is 2.53. The Morgan fingerprint density at radius 2 is 1.65 bits per heavy atom. The van der Waals surface area contributed by atoms with E-state index in [9.17, 15) is 4.79 Å². The molecule has 0 aliphatic heterocycles. The number of hydrogen-bond donors (Lipinski definition) is 2. The molecule has 6 nitrogen and oxygen atoms in total. The maximum atomic E-state index is 11.7. The van der Waals surface area contributed by atoms with Gasteiger partial charge in [-0.3, -0.25) is 4.79 Å². The first-order valence-corrected chi connectivity index (χ1v) is 7.82. The molecule has 0 aliphatic carbocycles. The lowest BCUT2D eigenvalue weighted by atomic mass is 10.1. The highest BCUT2D eigenvalue weighted by Crippen LogP contribution is 2.39. The first kappa shape index (κ1) is 18.9. The number of nitrogens with one attached hydrogen (secondary N) is 2. The van der Waals surface area contributed by atoms with Crippen LogP contribution in [-0.4, -0.2) is 40.3 Å². The number of amides is 1. The van der Waals surface area contributed by atoms with E-state index in [2.05, 4.69) is 24.5 Å². The highest BCUT2D eigenvalue weighted by atomic mass is 16.5. The van der Waals surface area contributed by atoms with Gasteiger partial charge in [0.1, 0.15) is 0 Å². The standard InChI is InChI=1S/C17H28N2O4/c1-12(2)6-8-19-16(20)7-9-18-13-10-14(21-3)17(23-5)15(11-13)22-4/h10-12,18H,6-9H2,1-5H3,(H,19,20).